The van der Waals surface area contributed by atoms with Crippen molar-refractivity contribution in [1.82, 2.24) is 4.90 Å². The van der Waals surface area contributed by atoms with Crippen molar-refractivity contribution in [1.29, 1.82) is 0 Å². The molecule has 0 N–H and O–H groups in total. The molecule has 4 heteroatoms. The van der Waals surface area contributed by atoms with E-state index in [0.29, 0.717) is 0 Å². The second kappa shape index (κ2) is 18.0. The molecule has 0 bridgehead atoms. The maximum atomic E-state index is 12.5. The van der Waals surface area contributed by atoms with Gasteiger partial charge in [0.2, 0.25) is 0 Å². The summed E-state index contributed by atoms with van der Waals surface area (Å²) < 4.78 is 5.42. The van der Waals surface area contributed by atoms with Crippen LogP contribution in [0, 0.1) is 0 Å². The Morgan fingerprint density at radius 3 is 2.00 bits per heavy atom. The Morgan fingerprint density at radius 2 is 1.36 bits per heavy atom. The van der Waals surface area contributed by atoms with Crippen molar-refractivity contribution in [3.8, 4) is 0 Å². The number of cyclic esters (lactones) is 1. The Bertz CT molecular complexity index is 953. The molecule has 1 heterocycles. The summed E-state index contributed by atoms with van der Waals surface area (Å²) in [5, 5.41) is 0. The zero-order chi connectivity index (χ0) is 25.8. The second-order valence-corrected chi connectivity index (χ2v) is 8.90. The van der Waals surface area contributed by atoms with Gasteiger partial charge in [-0.05, 0) is 25.3 Å². The molecule has 2 atom stereocenters. The number of carbonyl (C=O) groups is 2. The van der Waals surface area contributed by atoms with Crippen LogP contribution in [0.2, 0.25) is 0 Å². The Balaban J connectivity index is 1.62. The molecule has 2 amide bonds. The highest BCUT2D eigenvalue weighted by Crippen LogP contribution is 2.32. The van der Waals surface area contributed by atoms with Crippen LogP contribution in [0.4, 0.5) is 4.79 Å². The lowest BCUT2D eigenvalue weighted by molar-refractivity contribution is -0.124. The SMILES string of the molecule is CCCCCCCCCC=CC=CC=CC=CC=CC=CC(=O)N1C(=O)O[C@@H](c2ccccc2)[C@H]1C. The summed E-state index contributed by atoms with van der Waals surface area (Å²) in [5.74, 6) is -0.385. The van der Waals surface area contributed by atoms with Crippen molar-refractivity contribution >= 4 is 12.0 Å². The van der Waals surface area contributed by atoms with Gasteiger partial charge in [-0.25, -0.2) is 9.69 Å². The zero-order valence-corrected chi connectivity index (χ0v) is 21.8. The molecule has 192 valence electrons. The first-order valence-corrected chi connectivity index (χ1v) is 13.2. The highest BCUT2D eigenvalue weighted by atomic mass is 16.6. The van der Waals surface area contributed by atoms with Crippen molar-refractivity contribution in [2.45, 2.75) is 77.4 Å². The van der Waals surface area contributed by atoms with Gasteiger partial charge in [-0.1, -0.05) is 143 Å². The van der Waals surface area contributed by atoms with Crippen LogP contribution in [0.1, 0.15) is 76.9 Å². The van der Waals surface area contributed by atoms with Crippen molar-refractivity contribution < 1.29 is 14.3 Å². The molecular formula is C32H41NO3. The number of nitrogens with zero attached hydrogens (tertiary/aromatic N) is 1. The van der Waals surface area contributed by atoms with Crippen LogP contribution in [-0.2, 0) is 9.53 Å². The Kier molecular flexibility index (Phi) is 14.4. The molecule has 4 nitrogen and oxygen atoms in total. The number of ether oxygens (including phenoxy) is 1. The number of benzene rings is 1. The van der Waals surface area contributed by atoms with Gasteiger partial charge >= 0.3 is 6.09 Å². The van der Waals surface area contributed by atoms with E-state index in [0.717, 1.165) is 16.9 Å². The van der Waals surface area contributed by atoms with Gasteiger partial charge in [0.15, 0.2) is 0 Å². The first-order valence-electron chi connectivity index (χ1n) is 13.2. The predicted molar refractivity (Wildman–Crippen MR) is 149 cm³/mol. The van der Waals surface area contributed by atoms with Crippen LogP contribution < -0.4 is 0 Å². The predicted octanol–water partition coefficient (Wildman–Crippen LogP) is 8.57. The van der Waals surface area contributed by atoms with Gasteiger partial charge in [-0.3, -0.25) is 4.79 Å². The van der Waals surface area contributed by atoms with E-state index in [-0.39, 0.29) is 11.9 Å². The first-order chi connectivity index (χ1) is 17.6. The average molecular weight is 488 g/mol. The largest absolute Gasteiger partial charge is 0.439 e. The zero-order valence-electron chi connectivity index (χ0n) is 21.8. The standard InChI is InChI=1S/C32H41NO3/c1-3-4-5-6-7-8-9-10-11-12-13-14-15-16-17-18-19-20-24-27-30(34)33-28(2)31(36-32(33)35)29-25-22-21-23-26-29/h11-28,31H,3-10H2,1-2H3/t28-,31-/m1/s1. The first kappa shape index (κ1) is 28.8. The summed E-state index contributed by atoms with van der Waals surface area (Å²) in [5.41, 5.74) is 0.880. The molecule has 1 aliphatic heterocycles. The molecule has 0 saturated carbocycles. The van der Waals surface area contributed by atoms with Gasteiger partial charge < -0.3 is 4.74 Å². The fraction of sp³-hybridized carbons (Fsp3) is 0.375. The quantitative estimate of drug-likeness (QED) is 0.141. The summed E-state index contributed by atoms with van der Waals surface area (Å²) in [6.07, 6.45) is 32.2. The summed E-state index contributed by atoms with van der Waals surface area (Å²) in [7, 11) is 0. The highest BCUT2D eigenvalue weighted by molar-refractivity contribution is 6.00. The molecule has 36 heavy (non-hydrogen) atoms. The number of carbonyl (C=O) groups excluding carboxylic acids is 2. The molecule has 0 radical (unpaired) electrons. The van der Waals surface area contributed by atoms with E-state index in [1.807, 2.05) is 79.8 Å². The number of allylic oxidation sites excluding steroid dienone is 11. The van der Waals surface area contributed by atoms with E-state index in [9.17, 15) is 9.59 Å². The molecule has 0 spiro atoms. The second-order valence-electron chi connectivity index (χ2n) is 8.90. The van der Waals surface area contributed by atoms with Gasteiger partial charge in [0.1, 0.15) is 6.10 Å². The third-order valence-corrected chi connectivity index (χ3v) is 5.98. The number of hydrogen-bond donors (Lipinski definition) is 0. The van der Waals surface area contributed by atoms with Gasteiger partial charge in [-0.15, -0.1) is 0 Å². The summed E-state index contributed by atoms with van der Waals surface area (Å²) in [6.45, 7) is 4.07. The number of imide groups is 1. The minimum Gasteiger partial charge on any atom is -0.439 e. The van der Waals surface area contributed by atoms with E-state index in [1.54, 1.807) is 12.2 Å². The number of unbranched alkanes of at least 4 members (excludes halogenated alkanes) is 7. The third-order valence-electron chi connectivity index (χ3n) is 5.98. The van der Waals surface area contributed by atoms with Gasteiger partial charge in [0.05, 0.1) is 6.04 Å². The Labute approximate surface area is 217 Å². The van der Waals surface area contributed by atoms with Crippen LogP contribution in [0.5, 0.6) is 0 Å². The molecule has 0 aliphatic carbocycles. The fourth-order valence-electron chi connectivity index (χ4n) is 3.97. The van der Waals surface area contributed by atoms with Gasteiger partial charge in [0, 0.05) is 6.08 Å². The molecule has 1 aromatic rings. The van der Waals surface area contributed by atoms with Crippen LogP contribution >= 0.6 is 0 Å². The van der Waals surface area contributed by atoms with Crippen LogP contribution in [0.25, 0.3) is 0 Å². The van der Waals surface area contributed by atoms with E-state index >= 15 is 0 Å². The van der Waals surface area contributed by atoms with Crippen LogP contribution in [0.3, 0.4) is 0 Å². The lowest BCUT2D eigenvalue weighted by Crippen LogP contribution is -2.36. The lowest BCUT2D eigenvalue weighted by atomic mass is 10.0. The number of hydrogen-bond acceptors (Lipinski definition) is 3. The Hall–Kier alpha value is -3.40. The fourth-order valence-corrected chi connectivity index (χ4v) is 3.97. The van der Waals surface area contributed by atoms with E-state index in [4.69, 9.17) is 4.74 Å². The van der Waals surface area contributed by atoms with Gasteiger partial charge in [0.25, 0.3) is 5.91 Å². The number of amides is 2. The van der Waals surface area contributed by atoms with Crippen molar-refractivity contribution in [2.75, 3.05) is 0 Å². The maximum absolute atomic E-state index is 12.5. The topological polar surface area (TPSA) is 46.6 Å². The summed E-state index contributed by atoms with van der Waals surface area (Å²) in [4.78, 5) is 25.9. The molecule has 0 aromatic heterocycles. The average Bonchev–Trinajstić information content (AvgIpc) is 3.19. The highest BCUT2D eigenvalue weighted by Gasteiger charge is 2.42. The maximum Gasteiger partial charge on any atom is 0.417 e. The molecule has 1 saturated heterocycles. The molecule has 1 aromatic carbocycles. The number of rotatable bonds is 15. The third kappa shape index (κ3) is 10.9. The monoisotopic (exact) mass is 487 g/mol. The summed E-state index contributed by atoms with van der Waals surface area (Å²) >= 11 is 0. The molecule has 1 fully saturated rings. The molecule has 1 aliphatic rings. The van der Waals surface area contributed by atoms with Crippen molar-refractivity contribution in [2.24, 2.45) is 0 Å². The van der Waals surface area contributed by atoms with Crippen molar-refractivity contribution in [3.05, 3.63) is 109 Å². The molecular weight excluding hydrogens is 446 g/mol. The van der Waals surface area contributed by atoms with E-state index in [2.05, 4.69) is 19.1 Å². The Morgan fingerprint density at radius 1 is 0.806 bits per heavy atom. The van der Waals surface area contributed by atoms with E-state index in [1.165, 1.54) is 51.0 Å². The van der Waals surface area contributed by atoms with Crippen molar-refractivity contribution in [3.63, 3.8) is 0 Å². The van der Waals surface area contributed by atoms with E-state index < -0.39 is 12.2 Å². The summed E-state index contributed by atoms with van der Waals surface area (Å²) in [6, 6.07) is 9.10. The normalized spacial score (nSPS) is 18.8. The minimum atomic E-state index is -0.610. The van der Waals surface area contributed by atoms with Crippen LogP contribution in [0.15, 0.2) is 103 Å². The molecule has 2 rings (SSSR count). The van der Waals surface area contributed by atoms with Gasteiger partial charge in [-0.2, -0.15) is 0 Å². The smallest absolute Gasteiger partial charge is 0.417 e. The minimum absolute atomic E-state index is 0.366. The molecule has 0 unspecified atom stereocenters. The van der Waals surface area contributed by atoms with Crippen LogP contribution in [-0.4, -0.2) is 22.9 Å². The lowest BCUT2D eigenvalue weighted by Gasteiger charge is -2.17.